The summed E-state index contributed by atoms with van der Waals surface area (Å²) >= 11 is 0. The number of nitrogens with one attached hydrogen (secondary N) is 3. The van der Waals surface area contributed by atoms with Gasteiger partial charge in [-0.25, -0.2) is 13.2 Å². The average molecular weight is 369 g/mol. The Balaban J connectivity index is 2.03. The molecule has 136 valence electrons. The van der Waals surface area contributed by atoms with Crippen LogP contribution in [-0.2, 0) is 19.4 Å². The van der Waals surface area contributed by atoms with Gasteiger partial charge in [-0.2, -0.15) is 0 Å². The molecular formula is C15H19N3O6S. The Morgan fingerprint density at radius 2 is 2.00 bits per heavy atom. The van der Waals surface area contributed by atoms with Crippen LogP contribution in [0.25, 0.3) is 0 Å². The zero-order chi connectivity index (χ0) is 18.4. The van der Waals surface area contributed by atoms with Crippen molar-refractivity contribution in [3.8, 4) is 5.75 Å². The number of carbonyl (C=O) groups is 2. The maximum atomic E-state index is 12.0. The average Bonchev–Trinajstić information content (AvgIpc) is 2.86. The molecule has 0 aromatic heterocycles. The van der Waals surface area contributed by atoms with Gasteiger partial charge in [-0.15, -0.1) is 0 Å². The van der Waals surface area contributed by atoms with Crippen molar-refractivity contribution in [1.29, 1.82) is 0 Å². The standard InChI is InChI=1S/C15H19N3O6S/c1-23-8-14(19)18-12-7-10(3-4-13(12)24-2)16-15(20)17-11-5-6-25(21,22)9-11/h3-7,11H,8-9H2,1-2H3,(H,18,19)(H2,16,17,20)/t11-/m0/s1. The Morgan fingerprint density at radius 1 is 1.24 bits per heavy atom. The molecule has 1 aromatic carbocycles. The largest absolute Gasteiger partial charge is 0.495 e. The molecule has 0 radical (unpaired) electrons. The first-order valence-corrected chi connectivity index (χ1v) is 9.00. The highest BCUT2D eigenvalue weighted by molar-refractivity contribution is 7.94. The lowest BCUT2D eigenvalue weighted by molar-refractivity contribution is -0.119. The fraction of sp³-hybridized carbons (Fsp3) is 0.333. The Bertz CT molecular complexity index is 790. The predicted molar refractivity (Wildman–Crippen MR) is 92.4 cm³/mol. The second-order valence-electron chi connectivity index (χ2n) is 5.26. The molecule has 1 heterocycles. The van der Waals surface area contributed by atoms with E-state index in [1.165, 1.54) is 26.4 Å². The molecule has 0 saturated heterocycles. The van der Waals surface area contributed by atoms with Crippen LogP contribution in [0.15, 0.2) is 29.7 Å². The van der Waals surface area contributed by atoms with E-state index in [9.17, 15) is 18.0 Å². The number of benzene rings is 1. The van der Waals surface area contributed by atoms with Crippen LogP contribution in [0.5, 0.6) is 5.75 Å². The van der Waals surface area contributed by atoms with Gasteiger partial charge in [-0.3, -0.25) is 4.79 Å². The van der Waals surface area contributed by atoms with E-state index in [0.29, 0.717) is 17.1 Å². The van der Waals surface area contributed by atoms with Gasteiger partial charge in [0.25, 0.3) is 0 Å². The minimum Gasteiger partial charge on any atom is -0.495 e. The highest BCUT2D eigenvalue weighted by Crippen LogP contribution is 2.27. The van der Waals surface area contributed by atoms with Gasteiger partial charge in [-0.1, -0.05) is 0 Å². The summed E-state index contributed by atoms with van der Waals surface area (Å²) in [7, 11) is -0.396. The summed E-state index contributed by atoms with van der Waals surface area (Å²) in [5.41, 5.74) is 0.765. The molecule has 0 spiro atoms. The van der Waals surface area contributed by atoms with E-state index >= 15 is 0 Å². The minimum absolute atomic E-state index is 0.121. The zero-order valence-corrected chi connectivity index (χ0v) is 14.6. The van der Waals surface area contributed by atoms with Crippen molar-refractivity contribution in [3.05, 3.63) is 29.7 Å². The van der Waals surface area contributed by atoms with Crippen molar-refractivity contribution in [2.45, 2.75) is 6.04 Å². The number of sulfone groups is 1. The van der Waals surface area contributed by atoms with Gasteiger partial charge in [0.15, 0.2) is 9.84 Å². The van der Waals surface area contributed by atoms with E-state index in [-0.39, 0.29) is 18.3 Å². The lowest BCUT2D eigenvalue weighted by Crippen LogP contribution is -2.38. The van der Waals surface area contributed by atoms with E-state index in [0.717, 1.165) is 5.41 Å². The maximum absolute atomic E-state index is 12.0. The molecule has 0 saturated carbocycles. The molecule has 3 amide bonds. The molecule has 25 heavy (non-hydrogen) atoms. The van der Waals surface area contributed by atoms with Crippen molar-refractivity contribution in [2.24, 2.45) is 0 Å². The van der Waals surface area contributed by atoms with Gasteiger partial charge in [0.05, 0.1) is 24.6 Å². The van der Waals surface area contributed by atoms with Crippen LogP contribution in [-0.4, -0.2) is 53.0 Å². The second-order valence-corrected chi connectivity index (χ2v) is 7.19. The summed E-state index contributed by atoms with van der Waals surface area (Å²) in [4.78, 5) is 23.6. The van der Waals surface area contributed by atoms with Crippen LogP contribution in [0.4, 0.5) is 16.2 Å². The normalized spacial score (nSPS) is 17.8. The summed E-state index contributed by atoms with van der Waals surface area (Å²) < 4.78 is 32.6. The summed E-state index contributed by atoms with van der Waals surface area (Å²) in [5, 5.41) is 8.80. The Hall–Kier alpha value is -2.59. The number of hydrogen-bond donors (Lipinski definition) is 3. The molecule has 1 atom stereocenters. The number of hydrogen-bond acceptors (Lipinski definition) is 6. The van der Waals surface area contributed by atoms with E-state index < -0.39 is 21.9 Å². The summed E-state index contributed by atoms with van der Waals surface area (Å²) in [6.45, 7) is -0.121. The van der Waals surface area contributed by atoms with Crippen LogP contribution in [0.2, 0.25) is 0 Å². The van der Waals surface area contributed by atoms with Crippen LogP contribution in [0, 0.1) is 0 Å². The van der Waals surface area contributed by atoms with Crippen molar-refractivity contribution >= 4 is 33.2 Å². The summed E-state index contributed by atoms with van der Waals surface area (Å²) in [5.74, 6) is -0.120. The van der Waals surface area contributed by atoms with E-state index in [1.54, 1.807) is 12.1 Å². The third kappa shape index (κ3) is 5.47. The maximum Gasteiger partial charge on any atom is 0.319 e. The van der Waals surface area contributed by atoms with Crippen LogP contribution in [0.1, 0.15) is 0 Å². The molecule has 1 aromatic rings. The number of carbonyl (C=O) groups excluding carboxylic acids is 2. The number of anilines is 2. The molecule has 10 heteroatoms. The fourth-order valence-corrected chi connectivity index (χ4v) is 3.44. The van der Waals surface area contributed by atoms with Gasteiger partial charge in [0, 0.05) is 18.2 Å². The van der Waals surface area contributed by atoms with Crippen molar-refractivity contribution < 1.29 is 27.5 Å². The molecular weight excluding hydrogens is 350 g/mol. The number of amides is 3. The third-order valence-corrected chi connectivity index (χ3v) is 4.65. The molecule has 0 fully saturated rings. The highest BCUT2D eigenvalue weighted by Gasteiger charge is 2.23. The van der Waals surface area contributed by atoms with Crippen LogP contribution in [0.3, 0.4) is 0 Å². The number of ether oxygens (including phenoxy) is 2. The van der Waals surface area contributed by atoms with Crippen molar-refractivity contribution in [3.63, 3.8) is 0 Å². The zero-order valence-electron chi connectivity index (χ0n) is 13.7. The minimum atomic E-state index is -3.25. The molecule has 9 nitrogen and oxygen atoms in total. The second kappa shape index (κ2) is 7.99. The van der Waals surface area contributed by atoms with Crippen molar-refractivity contribution in [2.75, 3.05) is 37.2 Å². The molecule has 0 bridgehead atoms. The van der Waals surface area contributed by atoms with Gasteiger partial charge in [-0.05, 0) is 24.3 Å². The topological polar surface area (TPSA) is 123 Å². The smallest absolute Gasteiger partial charge is 0.319 e. The summed E-state index contributed by atoms with van der Waals surface area (Å²) in [6, 6.07) is 3.55. The Kier molecular flexibility index (Phi) is 5.99. The van der Waals surface area contributed by atoms with Crippen molar-refractivity contribution in [1.82, 2.24) is 5.32 Å². The Morgan fingerprint density at radius 3 is 2.60 bits per heavy atom. The van der Waals surface area contributed by atoms with Crippen LogP contribution < -0.4 is 20.7 Å². The lowest BCUT2D eigenvalue weighted by atomic mass is 10.2. The highest BCUT2D eigenvalue weighted by atomic mass is 32.2. The molecule has 0 aliphatic carbocycles. The van der Waals surface area contributed by atoms with Gasteiger partial charge >= 0.3 is 6.03 Å². The van der Waals surface area contributed by atoms with E-state index in [1.807, 2.05) is 0 Å². The molecule has 1 aliphatic heterocycles. The molecule has 1 aliphatic rings. The predicted octanol–water partition coefficient (Wildman–Crippen LogP) is 0.712. The van der Waals surface area contributed by atoms with E-state index in [2.05, 4.69) is 16.0 Å². The number of methoxy groups -OCH3 is 2. The summed E-state index contributed by atoms with van der Waals surface area (Å²) in [6.07, 6.45) is 1.42. The van der Waals surface area contributed by atoms with Gasteiger partial charge in [0.1, 0.15) is 12.4 Å². The first kappa shape index (κ1) is 18.7. The molecule has 0 unspecified atom stereocenters. The number of urea groups is 1. The molecule has 2 rings (SSSR count). The first-order valence-electron chi connectivity index (χ1n) is 7.28. The SMILES string of the molecule is COCC(=O)Nc1cc(NC(=O)N[C@H]2C=CS(=O)(=O)C2)ccc1OC. The van der Waals surface area contributed by atoms with E-state index in [4.69, 9.17) is 9.47 Å². The lowest BCUT2D eigenvalue weighted by Gasteiger charge is -2.14. The van der Waals surface area contributed by atoms with Gasteiger partial charge in [0.2, 0.25) is 5.91 Å². The number of rotatable bonds is 6. The van der Waals surface area contributed by atoms with Crippen LogP contribution >= 0.6 is 0 Å². The molecule has 3 N–H and O–H groups in total. The quantitative estimate of drug-likeness (QED) is 0.679. The van der Waals surface area contributed by atoms with Gasteiger partial charge < -0.3 is 25.4 Å². The monoisotopic (exact) mass is 369 g/mol. The third-order valence-electron chi connectivity index (χ3n) is 3.25. The fourth-order valence-electron chi connectivity index (χ4n) is 2.20. The Labute approximate surface area is 145 Å². The first-order chi connectivity index (χ1) is 11.8.